The van der Waals surface area contributed by atoms with Crippen molar-refractivity contribution in [2.75, 3.05) is 16.8 Å². The van der Waals surface area contributed by atoms with Crippen LogP contribution in [0.15, 0.2) is 42.5 Å². The lowest BCUT2D eigenvalue weighted by Crippen LogP contribution is -2.41. The number of carbonyl (C=O) groups excluding carboxylic acids is 2. The predicted octanol–water partition coefficient (Wildman–Crippen LogP) is 3.99. The molecule has 2 aromatic rings. The van der Waals surface area contributed by atoms with Gasteiger partial charge in [0, 0.05) is 24.3 Å². The quantitative estimate of drug-likeness (QED) is 0.844. The van der Waals surface area contributed by atoms with Crippen molar-refractivity contribution in [1.82, 2.24) is 0 Å². The van der Waals surface area contributed by atoms with Crippen LogP contribution in [0.1, 0.15) is 29.9 Å². The lowest BCUT2D eigenvalue weighted by molar-refractivity contribution is -0.274. The number of hydrogen-bond acceptors (Lipinski definition) is 3. The lowest BCUT2D eigenvalue weighted by atomic mass is 9.88. The van der Waals surface area contributed by atoms with E-state index in [1.54, 1.807) is 17.0 Å². The topological polar surface area (TPSA) is 58.6 Å². The maximum absolute atomic E-state index is 13.3. The molecule has 2 heterocycles. The standard InChI is InChI=1S/C20H17F3N2O3/c21-20(22,23)28-13-7-8-17-12(10-13)4-3-9-25(17)19(27)15-11-18(26)24-16-6-2-1-5-14(15)16/h1-2,5-8,10,15H,3-4,9,11H2,(H,24,26)/t15-/m1/s1. The molecule has 2 aromatic carbocycles. The van der Waals surface area contributed by atoms with Crippen LogP contribution in [0.3, 0.4) is 0 Å². The summed E-state index contributed by atoms with van der Waals surface area (Å²) in [5.41, 5.74) is 2.55. The number of aryl methyl sites for hydroxylation is 1. The number of anilines is 2. The third-order valence-electron chi connectivity index (χ3n) is 4.97. The van der Waals surface area contributed by atoms with Crippen molar-refractivity contribution in [1.29, 1.82) is 0 Å². The van der Waals surface area contributed by atoms with Gasteiger partial charge in [-0.3, -0.25) is 9.59 Å². The molecule has 1 N–H and O–H groups in total. The molecule has 0 fully saturated rings. The Kier molecular flexibility index (Phi) is 4.49. The number of fused-ring (bicyclic) bond motifs is 2. The fourth-order valence-corrected chi connectivity index (χ4v) is 3.82. The lowest BCUT2D eigenvalue weighted by Gasteiger charge is -2.34. The van der Waals surface area contributed by atoms with Crippen molar-refractivity contribution in [2.24, 2.45) is 0 Å². The maximum atomic E-state index is 13.3. The monoisotopic (exact) mass is 390 g/mol. The molecule has 0 saturated heterocycles. The van der Waals surface area contributed by atoms with Crippen LogP contribution in [0.5, 0.6) is 5.75 Å². The maximum Gasteiger partial charge on any atom is 0.573 e. The first-order chi connectivity index (χ1) is 13.3. The van der Waals surface area contributed by atoms with Crippen LogP contribution in [-0.4, -0.2) is 24.7 Å². The summed E-state index contributed by atoms with van der Waals surface area (Å²) >= 11 is 0. The first-order valence-electron chi connectivity index (χ1n) is 8.90. The van der Waals surface area contributed by atoms with E-state index >= 15 is 0 Å². The fraction of sp³-hybridized carbons (Fsp3) is 0.300. The average molecular weight is 390 g/mol. The Morgan fingerprint density at radius 3 is 2.75 bits per heavy atom. The second-order valence-corrected chi connectivity index (χ2v) is 6.82. The third-order valence-corrected chi connectivity index (χ3v) is 4.97. The summed E-state index contributed by atoms with van der Waals surface area (Å²) in [5.74, 6) is -1.39. The largest absolute Gasteiger partial charge is 0.573 e. The molecule has 28 heavy (non-hydrogen) atoms. The Morgan fingerprint density at radius 2 is 1.96 bits per heavy atom. The van der Waals surface area contributed by atoms with Crippen molar-refractivity contribution in [3.63, 3.8) is 0 Å². The number of nitrogens with one attached hydrogen (secondary N) is 1. The highest BCUT2D eigenvalue weighted by atomic mass is 19.4. The minimum atomic E-state index is -4.77. The molecule has 4 rings (SSSR count). The molecular formula is C20H17F3N2O3. The normalized spacial score (nSPS) is 18.8. The number of alkyl halides is 3. The minimum absolute atomic E-state index is 0.0386. The number of benzene rings is 2. The average Bonchev–Trinajstić information content (AvgIpc) is 2.64. The number of ether oxygens (including phenoxy) is 1. The van der Waals surface area contributed by atoms with Gasteiger partial charge in [0.15, 0.2) is 0 Å². The highest BCUT2D eigenvalue weighted by molar-refractivity contribution is 6.06. The molecule has 1 atom stereocenters. The molecule has 2 aliphatic rings. The molecule has 0 aromatic heterocycles. The van der Waals surface area contributed by atoms with Crippen LogP contribution in [0.4, 0.5) is 24.5 Å². The highest BCUT2D eigenvalue weighted by Crippen LogP contribution is 2.38. The van der Waals surface area contributed by atoms with Crippen molar-refractivity contribution in [2.45, 2.75) is 31.5 Å². The molecule has 0 aliphatic carbocycles. The zero-order valence-corrected chi connectivity index (χ0v) is 14.8. The van der Waals surface area contributed by atoms with Gasteiger partial charge in [-0.25, -0.2) is 0 Å². The highest BCUT2D eigenvalue weighted by Gasteiger charge is 2.36. The molecule has 5 nitrogen and oxygen atoms in total. The minimum Gasteiger partial charge on any atom is -0.406 e. The summed E-state index contributed by atoms with van der Waals surface area (Å²) in [6.07, 6.45) is -3.56. The Hall–Kier alpha value is -3.03. The van der Waals surface area contributed by atoms with Gasteiger partial charge in [-0.2, -0.15) is 0 Å². The van der Waals surface area contributed by atoms with E-state index in [0.717, 1.165) is 5.56 Å². The summed E-state index contributed by atoms with van der Waals surface area (Å²) in [7, 11) is 0. The van der Waals surface area contributed by atoms with Crippen LogP contribution in [-0.2, 0) is 16.0 Å². The Balaban J connectivity index is 1.65. The summed E-state index contributed by atoms with van der Waals surface area (Å²) in [6.45, 7) is 0.450. The number of halogens is 3. The van der Waals surface area contributed by atoms with Crippen molar-refractivity contribution < 1.29 is 27.5 Å². The van der Waals surface area contributed by atoms with E-state index in [0.29, 0.717) is 36.3 Å². The molecule has 0 saturated carbocycles. The van der Waals surface area contributed by atoms with E-state index in [2.05, 4.69) is 10.1 Å². The molecule has 0 spiro atoms. The van der Waals surface area contributed by atoms with Crippen molar-refractivity contribution >= 4 is 23.2 Å². The van der Waals surface area contributed by atoms with Gasteiger partial charge in [0.1, 0.15) is 5.75 Å². The molecule has 0 unspecified atom stereocenters. The van der Waals surface area contributed by atoms with Crippen LogP contribution >= 0.6 is 0 Å². The molecule has 146 valence electrons. The van der Waals surface area contributed by atoms with E-state index < -0.39 is 12.3 Å². The predicted molar refractivity (Wildman–Crippen MR) is 96.2 cm³/mol. The Labute approximate surface area is 159 Å². The van der Waals surface area contributed by atoms with Crippen LogP contribution in [0.25, 0.3) is 0 Å². The zero-order valence-electron chi connectivity index (χ0n) is 14.8. The number of carbonyl (C=O) groups is 2. The van der Waals surface area contributed by atoms with Crippen molar-refractivity contribution in [3.05, 3.63) is 53.6 Å². The Bertz CT molecular complexity index is 943. The third kappa shape index (κ3) is 3.54. The summed E-state index contributed by atoms with van der Waals surface area (Å²) in [6, 6.07) is 11.2. The smallest absolute Gasteiger partial charge is 0.406 e. The van der Waals surface area contributed by atoms with E-state index in [4.69, 9.17) is 0 Å². The van der Waals surface area contributed by atoms with Gasteiger partial charge in [0.05, 0.1) is 5.92 Å². The Morgan fingerprint density at radius 1 is 1.18 bits per heavy atom. The van der Waals surface area contributed by atoms with Gasteiger partial charge in [-0.15, -0.1) is 13.2 Å². The zero-order chi connectivity index (χ0) is 19.9. The summed E-state index contributed by atoms with van der Waals surface area (Å²) in [4.78, 5) is 26.9. The van der Waals surface area contributed by atoms with Gasteiger partial charge in [-0.05, 0) is 48.2 Å². The second kappa shape index (κ2) is 6.85. The van der Waals surface area contributed by atoms with Crippen LogP contribution in [0.2, 0.25) is 0 Å². The van der Waals surface area contributed by atoms with E-state index in [1.165, 1.54) is 18.2 Å². The number of para-hydroxylation sites is 1. The molecular weight excluding hydrogens is 373 g/mol. The van der Waals surface area contributed by atoms with Gasteiger partial charge >= 0.3 is 6.36 Å². The molecule has 0 bridgehead atoms. The molecule has 2 amide bonds. The number of hydrogen-bond donors (Lipinski definition) is 1. The molecule has 8 heteroatoms. The molecule has 2 aliphatic heterocycles. The van der Waals surface area contributed by atoms with E-state index in [-0.39, 0.29) is 24.0 Å². The van der Waals surface area contributed by atoms with Crippen molar-refractivity contribution in [3.8, 4) is 5.75 Å². The number of amides is 2. The number of nitrogens with zero attached hydrogens (tertiary/aromatic N) is 1. The fourth-order valence-electron chi connectivity index (χ4n) is 3.82. The number of rotatable bonds is 2. The SMILES string of the molecule is O=C1C[C@@H](C(=O)N2CCCc3cc(OC(F)(F)F)ccc32)c2ccccc2N1. The first-order valence-corrected chi connectivity index (χ1v) is 8.90. The first kappa shape index (κ1) is 18.3. The molecule has 0 radical (unpaired) electrons. The van der Waals surface area contributed by atoms with Gasteiger partial charge in [-0.1, -0.05) is 18.2 Å². The van der Waals surface area contributed by atoms with Gasteiger partial charge in [0.25, 0.3) is 0 Å². The van der Waals surface area contributed by atoms with Crippen LogP contribution < -0.4 is 15.0 Å². The van der Waals surface area contributed by atoms with Gasteiger partial charge in [0.2, 0.25) is 11.8 Å². The van der Waals surface area contributed by atoms with Gasteiger partial charge < -0.3 is 15.0 Å². The summed E-state index contributed by atoms with van der Waals surface area (Å²) < 4.78 is 41.4. The van der Waals surface area contributed by atoms with E-state index in [9.17, 15) is 22.8 Å². The van der Waals surface area contributed by atoms with Crippen LogP contribution in [0, 0.1) is 0 Å². The summed E-state index contributed by atoms with van der Waals surface area (Å²) in [5, 5.41) is 2.76. The van der Waals surface area contributed by atoms with E-state index in [1.807, 2.05) is 12.1 Å². The second-order valence-electron chi connectivity index (χ2n) is 6.82.